The number of carbonyl (C=O) groups is 2. The van der Waals surface area contributed by atoms with E-state index in [2.05, 4.69) is 5.32 Å². The van der Waals surface area contributed by atoms with Crippen molar-refractivity contribution in [1.82, 2.24) is 5.32 Å². The average molecular weight is 304 g/mol. The fraction of sp³-hybridized carbons (Fsp3) is 0.385. The Morgan fingerprint density at radius 3 is 2.43 bits per heavy atom. The van der Waals surface area contributed by atoms with E-state index < -0.39 is 23.3 Å². The summed E-state index contributed by atoms with van der Waals surface area (Å²) in [5.41, 5.74) is -1.51. The van der Waals surface area contributed by atoms with Gasteiger partial charge in [-0.25, -0.2) is 4.79 Å². The first-order valence-corrected chi connectivity index (χ1v) is 6.09. The van der Waals surface area contributed by atoms with Crippen molar-refractivity contribution in [3.63, 3.8) is 0 Å². The number of carbonyl (C=O) groups excluding carboxylic acids is 1. The molecule has 1 aromatic carbocycles. The molecule has 0 radical (unpaired) electrons. The Labute approximate surface area is 119 Å². The number of amides is 1. The van der Waals surface area contributed by atoms with E-state index >= 15 is 0 Å². The van der Waals surface area contributed by atoms with Gasteiger partial charge in [-0.05, 0) is 25.1 Å². The van der Waals surface area contributed by atoms with Crippen LogP contribution in [0.2, 0.25) is 0 Å². The van der Waals surface area contributed by atoms with Crippen molar-refractivity contribution in [2.24, 2.45) is 0 Å². The van der Waals surface area contributed by atoms with Crippen molar-refractivity contribution in [2.75, 3.05) is 25.0 Å². The molecular formula is C13H15F3N2O3. The van der Waals surface area contributed by atoms with E-state index in [9.17, 15) is 22.8 Å². The minimum Gasteiger partial charge on any atom is -0.478 e. The summed E-state index contributed by atoms with van der Waals surface area (Å²) in [6, 6.07) is 2.40. The summed E-state index contributed by atoms with van der Waals surface area (Å²) in [5.74, 6) is -1.84. The molecule has 0 aliphatic carbocycles. The third kappa shape index (κ3) is 4.37. The second-order valence-corrected chi connectivity index (χ2v) is 4.34. The van der Waals surface area contributed by atoms with Crippen molar-refractivity contribution >= 4 is 17.6 Å². The van der Waals surface area contributed by atoms with Crippen molar-refractivity contribution in [3.05, 3.63) is 29.3 Å². The second kappa shape index (κ2) is 6.47. The van der Waals surface area contributed by atoms with Crippen LogP contribution in [0, 0.1) is 0 Å². The van der Waals surface area contributed by atoms with Crippen LogP contribution in [0.1, 0.15) is 22.8 Å². The van der Waals surface area contributed by atoms with Gasteiger partial charge < -0.3 is 15.3 Å². The quantitative estimate of drug-likeness (QED) is 0.872. The van der Waals surface area contributed by atoms with Gasteiger partial charge in [0.15, 0.2) is 0 Å². The number of hydrogen-bond acceptors (Lipinski definition) is 3. The molecular weight excluding hydrogens is 289 g/mol. The summed E-state index contributed by atoms with van der Waals surface area (Å²) in [4.78, 5) is 23.9. The Morgan fingerprint density at radius 1 is 1.33 bits per heavy atom. The summed E-state index contributed by atoms with van der Waals surface area (Å²) in [7, 11) is 1.43. The monoisotopic (exact) mass is 304 g/mol. The predicted molar refractivity (Wildman–Crippen MR) is 70.4 cm³/mol. The van der Waals surface area contributed by atoms with E-state index in [-0.39, 0.29) is 18.1 Å². The molecule has 1 amide bonds. The molecule has 8 heteroatoms. The van der Waals surface area contributed by atoms with E-state index in [1.54, 1.807) is 6.92 Å². The molecule has 0 saturated carbocycles. The van der Waals surface area contributed by atoms with E-state index in [0.29, 0.717) is 12.6 Å². The number of halogens is 3. The summed E-state index contributed by atoms with van der Waals surface area (Å²) < 4.78 is 37.8. The highest BCUT2D eigenvalue weighted by atomic mass is 19.4. The van der Waals surface area contributed by atoms with Gasteiger partial charge >= 0.3 is 12.1 Å². The van der Waals surface area contributed by atoms with Crippen LogP contribution in [0.5, 0.6) is 0 Å². The van der Waals surface area contributed by atoms with Crippen LogP contribution in [0.3, 0.4) is 0 Å². The zero-order valence-electron chi connectivity index (χ0n) is 11.5. The maximum Gasteiger partial charge on any atom is 0.416 e. The first kappa shape index (κ1) is 16.8. The van der Waals surface area contributed by atoms with E-state index in [1.807, 2.05) is 0 Å². The van der Waals surface area contributed by atoms with E-state index in [1.165, 1.54) is 11.9 Å². The number of aromatic carboxylic acids is 1. The van der Waals surface area contributed by atoms with Crippen LogP contribution in [0.25, 0.3) is 0 Å². The molecule has 21 heavy (non-hydrogen) atoms. The Kier molecular flexibility index (Phi) is 5.17. The predicted octanol–water partition coefficient (Wildman–Crippen LogP) is 1.98. The minimum absolute atomic E-state index is 0.0433. The number of benzene rings is 1. The molecule has 2 N–H and O–H groups in total. The lowest BCUT2D eigenvalue weighted by Crippen LogP contribution is -2.35. The molecule has 116 valence electrons. The molecule has 0 spiro atoms. The van der Waals surface area contributed by atoms with Gasteiger partial charge in [0.2, 0.25) is 5.91 Å². The number of anilines is 1. The Bertz CT molecular complexity index is 544. The molecule has 1 rings (SSSR count). The van der Waals surface area contributed by atoms with Crippen LogP contribution in [0.4, 0.5) is 18.9 Å². The minimum atomic E-state index is -4.62. The number of likely N-dealkylation sites (N-methyl/N-ethyl adjacent to an activating group) is 2. The topological polar surface area (TPSA) is 69.6 Å². The van der Waals surface area contributed by atoms with Crippen LogP contribution >= 0.6 is 0 Å². The zero-order chi connectivity index (χ0) is 16.2. The number of nitrogens with one attached hydrogen (secondary N) is 1. The van der Waals surface area contributed by atoms with Crippen molar-refractivity contribution < 1.29 is 27.9 Å². The summed E-state index contributed by atoms with van der Waals surface area (Å²) in [6.07, 6.45) is -4.62. The Hall–Kier alpha value is -2.25. The van der Waals surface area contributed by atoms with Gasteiger partial charge in [-0.3, -0.25) is 4.79 Å². The van der Waals surface area contributed by atoms with Gasteiger partial charge in [0, 0.05) is 13.6 Å². The second-order valence-electron chi connectivity index (χ2n) is 4.34. The molecule has 0 unspecified atom stereocenters. The highest BCUT2D eigenvalue weighted by molar-refractivity contribution is 5.95. The number of carboxylic acids is 1. The normalized spacial score (nSPS) is 11.1. The summed E-state index contributed by atoms with van der Waals surface area (Å²) in [6.45, 7) is 1.98. The average Bonchev–Trinajstić information content (AvgIpc) is 2.36. The van der Waals surface area contributed by atoms with Crippen molar-refractivity contribution in [2.45, 2.75) is 13.1 Å². The van der Waals surface area contributed by atoms with Gasteiger partial charge in [0.1, 0.15) is 0 Å². The molecule has 5 nitrogen and oxygen atoms in total. The maximum absolute atomic E-state index is 12.6. The lowest BCUT2D eigenvalue weighted by Gasteiger charge is -2.21. The molecule has 0 aliphatic heterocycles. The first-order chi connectivity index (χ1) is 9.66. The Morgan fingerprint density at radius 2 is 1.95 bits per heavy atom. The molecule has 0 fully saturated rings. The van der Waals surface area contributed by atoms with Gasteiger partial charge in [-0.2, -0.15) is 13.2 Å². The Balaban J connectivity index is 3.12. The molecule has 0 aliphatic rings. The third-order valence-electron chi connectivity index (χ3n) is 2.72. The largest absolute Gasteiger partial charge is 0.478 e. The zero-order valence-corrected chi connectivity index (χ0v) is 11.5. The molecule has 1 aromatic rings. The summed E-state index contributed by atoms with van der Waals surface area (Å²) in [5, 5.41) is 11.6. The van der Waals surface area contributed by atoms with Crippen molar-refractivity contribution in [1.29, 1.82) is 0 Å². The smallest absolute Gasteiger partial charge is 0.416 e. The number of rotatable bonds is 5. The number of carboxylic acid groups (broad SMARTS) is 1. The van der Waals surface area contributed by atoms with Crippen LogP contribution < -0.4 is 10.2 Å². The number of alkyl halides is 3. The lowest BCUT2D eigenvalue weighted by molar-refractivity contribution is -0.137. The first-order valence-electron chi connectivity index (χ1n) is 6.09. The molecule has 0 saturated heterocycles. The van der Waals surface area contributed by atoms with Gasteiger partial charge in [-0.1, -0.05) is 0 Å². The SMILES string of the molecule is CCNC(=O)CN(C)c1ccc(C(F)(F)F)cc1C(=O)O. The fourth-order valence-corrected chi connectivity index (χ4v) is 1.77. The van der Waals surface area contributed by atoms with Crippen LogP contribution in [-0.4, -0.2) is 37.1 Å². The molecule has 0 bridgehead atoms. The number of nitrogens with zero attached hydrogens (tertiary/aromatic N) is 1. The number of hydrogen-bond donors (Lipinski definition) is 2. The van der Waals surface area contributed by atoms with Gasteiger partial charge in [0.05, 0.1) is 23.4 Å². The van der Waals surface area contributed by atoms with Crippen LogP contribution in [-0.2, 0) is 11.0 Å². The third-order valence-corrected chi connectivity index (χ3v) is 2.72. The molecule has 0 atom stereocenters. The van der Waals surface area contributed by atoms with Gasteiger partial charge in [0.25, 0.3) is 0 Å². The molecule has 0 heterocycles. The van der Waals surface area contributed by atoms with E-state index in [4.69, 9.17) is 5.11 Å². The molecule has 0 aromatic heterocycles. The van der Waals surface area contributed by atoms with E-state index in [0.717, 1.165) is 12.1 Å². The van der Waals surface area contributed by atoms with Crippen molar-refractivity contribution in [3.8, 4) is 0 Å². The highest BCUT2D eigenvalue weighted by Crippen LogP contribution is 2.32. The maximum atomic E-state index is 12.6. The lowest BCUT2D eigenvalue weighted by atomic mass is 10.1. The van der Waals surface area contributed by atoms with Gasteiger partial charge in [-0.15, -0.1) is 0 Å². The highest BCUT2D eigenvalue weighted by Gasteiger charge is 2.32. The van der Waals surface area contributed by atoms with Crippen LogP contribution in [0.15, 0.2) is 18.2 Å². The fourth-order valence-electron chi connectivity index (χ4n) is 1.77. The summed E-state index contributed by atoms with van der Waals surface area (Å²) >= 11 is 0. The standard InChI is InChI=1S/C13H15F3N2O3/c1-3-17-11(19)7-18(2)10-5-4-8(13(14,15)16)6-9(10)12(20)21/h4-6H,3,7H2,1-2H3,(H,17,19)(H,20,21).